The van der Waals surface area contributed by atoms with Crippen LogP contribution in [0.15, 0.2) is 6.07 Å². The largest absolute Gasteiger partial charge is 0.352 e. The molecule has 0 aromatic carbocycles. The second-order valence-corrected chi connectivity index (χ2v) is 3.21. The van der Waals surface area contributed by atoms with Gasteiger partial charge >= 0.3 is 0 Å². The Hall–Kier alpha value is -0.800. The van der Waals surface area contributed by atoms with E-state index in [2.05, 4.69) is 37.0 Å². The summed E-state index contributed by atoms with van der Waals surface area (Å²) >= 11 is 0. The van der Waals surface area contributed by atoms with E-state index in [9.17, 15) is 0 Å². The lowest BCUT2D eigenvalue weighted by molar-refractivity contribution is 0.0462. The second kappa shape index (κ2) is 4.44. The second-order valence-electron chi connectivity index (χ2n) is 3.21. The van der Waals surface area contributed by atoms with E-state index < -0.39 is 0 Å². The molecule has 0 unspecified atom stereocenters. The summed E-state index contributed by atoms with van der Waals surface area (Å²) in [6.07, 6.45) is 0. The first-order valence-corrected chi connectivity index (χ1v) is 4.63. The van der Waals surface area contributed by atoms with Gasteiger partial charge in [0, 0.05) is 25.0 Å². The van der Waals surface area contributed by atoms with Crippen LogP contribution in [0, 0.1) is 13.8 Å². The van der Waals surface area contributed by atoms with Crippen LogP contribution in [0.2, 0.25) is 0 Å². The summed E-state index contributed by atoms with van der Waals surface area (Å²) in [5, 5.41) is 0. The molecule has 0 saturated carbocycles. The zero-order valence-corrected chi connectivity index (χ0v) is 8.85. The highest BCUT2D eigenvalue weighted by Crippen LogP contribution is 2.12. The lowest BCUT2D eigenvalue weighted by atomic mass is 10.2. The van der Waals surface area contributed by atoms with Gasteiger partial charge in [-0.05, 0) is 32.4 Å². The third-order valence-corrected chi connectivity index (χ3v) is 2.39. The van der Waals surface area contributed by atoms with E-state index in [4.69, 9.17) is 4.84 Å². The average molecular weight is 182 g/mol. The van der Waals surface area contributed by atoms with Crippen molar-refractivity contribution in [1.29, 1.82) is 0 Å². The molecule has 0 saturated heterocycles. The molecule has 0 atom stereocenters. The van der Waals surface area contributed by atoms with Crippen LogP contribution in [0.1, 0.15) is 23.9 Å². The number of aromatic nitrogens is 1. The van der Waals surface area contributed by atoms with Crippen molar-refractivity contribution < 1.29 is 4.84 Å². The summed E-state index contributed by atoms with van der Waals surface area (Å²) in [6, 6.07) is 2.18. The van der Waals surface area contributed by atoms with Crippen LogP contribution in [0.3, 0.4) is 0 Å². The van der Waals surface area contributed by atoms with E-state index in [-0.39, 0.29) is 0 Å². The molecule has 1 heterocycles. The first kappa shape index (κ1) is 10.3. The molecule has 0 amide bonds. The minimum Gasteiger partial charge on any atom is -0.352 e. The van der Waals surface area contributed by atoms with Gasteiger partial charge in [-0.25, -0.2) is 0 Å². The van der Waals surface area contributed by atoms with E-state index in [1.54, 1.807) is 0 Å². The van der Waals surface area contributed by atoms with Crippen molar-refractivity contribution in [2.75, 3.05) is 6.61 Å². The molecule has 3 nitrogen and oxygen atoms in total. The highest BCUT2D eigenvalue weighted by atomic mass is 16.6. The van der Waals surface area contributed by atoms with Crippen molar-refractivity contribution in [1.82, 2.24) is 10.0 Å². The van der Waals surface area contributed by atoms with Crippen molar-refractivity contribution in [2.45, 2.75) is 27.3 Å². The van der Waals surface area contributed by atoms with Crippen molar-refractivity contribution >= 4 is 0 Å². The maximum Gasteiger partial charge on any atom is 0.0654 e. The number of hydroxylamine groups is 1. The summed E-state index contributed by atoms with van der Waals surface area (Å²) in [6.45, 7) is 7.68. The highest BCUT2D eigenvalue weighted by Gasteiger charge is 2.04. The maximum absolute atomic E-state index is 5.08. The third-order valence-electron chi connectivity index (χ3n) is 2.39. The van der Waals surface area contributed by atoms with Crippen LogP contribution in [0.5, 0.6) is 0 Å². The van der Waals surface area contributed by atoms with Crippen molar-refractivity contribution in [3.63, 3.8) is 0 Å². The zero-order valence-electron chi connectivity index (χ0n) is 8.85. The molecule has 1 aromatic heterocycles. The number of rotatable bonds is 4. The summed E-state index contributed by atoms with van der Waals surface area (Å²) in [4.78, 5) is 5.08. The van der Waals surface area contributed by atoms with E-state index in [1.807, 2.05) is 6.92 Å². The van der Waals surface area contributed by atoms with Gasteiger partial charge in [0.05, 0.1) is 6.61 Å². The van der Waals surface area contributed by atoms with Crippen molar-refractivity contribution in [2.24, 2.45) is 7.05 Å². The summed E-state index contributed by atoms with van der Waals surface area (Å²) in [5.74, 6) is 0. The number of nitrogens with one attached hydrogen (secondary N) is 1. The van der Waals surface area contributed by atoms with Gasteiger partial charge in [0.2, 0.25) is 0 Å². The minimum absolute atomic E-state index is 0.699. The van der Waals surface area contributed by atoms with E-state index in [0.717, 1.165) is 6.54 Å². The first-order valence-electron chi connectivity index (χ1n) is 4.63. The number of nitrogens with zero attached hydrogens (tertiary/aromatic N) is 1. The van der Waals surface area contributed by atoms with E-state index in [0.29, 0.717) is 6.61 Å². The molecular formula is C10H18N2O. The van der Waals surface area contributed by atoms with Crippen LogP contribution >= 0.6 is 0 Å². The fourth-order valence-corrected chi connectivity index (χ4v) is 1.34. The van der Waals surface area contributed by atoms with Crippen LogP contribution in [0.4, 0.5) is 0 Å². The Bertz CT molecular complexity index is 279. The predicted molar refractivity (Wildman–Crippen MR) is 53.4 cm³/mol. The molecule has 0 radical (unpaired) electrons. The number of hydrogen-bond acceptors (Lipinski definition) is 2. The van der Waals surface area contributed by atoms with Crippen LogP contribution in [0.25, 0.3) is 0 Å². The normalized spacial score (nSPS) is 10.8. The monoisotopic (exact) mass is 182 g/mol. The quantitative estimate of drug-likeness (QED) is 0.566. The first-order chi connectivity index (χ1) is 6.16. The summed E-state index contributed by atoms with van der Waals surface area (Å²) in [7, 11) is 2.08. The Balaban J connectivity index is 2.61. The van der Waals surface area contributed by atoms with Gasteiger partial charge in [0.25, 0.3) is 0 Å². The van der Waals surface area contributed by atoms with Crippen LogP contribution in [-0.4, -0.2) is 11.2 Å². The number of aryl methyl sites for hydroxylation is 1. The van der Waals surface area contributed by atoms with Crippen molar-refractivity contribution in [3.8, 4) is 0 Å². The van der Waals surface area contributed by atoms with Gasteiger partial charge in [-0.15, -0.1) is 0 Å². The molecule has 3 heteroatoms. The number of hydrogen-bond donors (Lipinski definition) is 1. The van der Waals surface area contributed by atoms with E-state index >= 15 is 0 Å². The molecule has 1 rings (SSSR count). The van der Waals surface area contributed by atoms with Gasteiger partial charge in [-0.3, -0.25) is 0 Å². The van der Waals surface area contributed by atoms with Crippen LogP contribution < -0.4 is 5.48 Å². The van der Waals surface area contributed by atoms with Gasteiger partial charge < -0.3 is 9.40 Å². The standard InChI is InChI=1S/C10H18N2O/c1-5-13-11-7-10-6-8(2)12(4)9(10)3/h6,11H,5,7H2,1-4H3. The molecule has 1 N–H and O–H groups in total. The summed E-state index contributed by atoms with van der Waals surface area (Å²) < 4.78 is 2.18. The van der Waals surface area contributed by atoms with Gasteiger partial charge in [0.15, 0.2) is 0 Å². The molecule has 0 aliphatic heterocycles. The average Bonchev–Trinajstić information content (AvgIpc) is 2.34. The van der Waals surface area contributed by atoms with Gasteiger partial charge in [-0.1, -0.05) is 0 Å². The SMILES string of the molecule is CCONCc1cc(C)n(C)c1C. The Morgan fingerprint density at radius 1 is 1.46 bits per heavy atom. The Morgan fingerprint density at radius 2 is 2.15 bits per heavy atom. The Labute approximate surface area is 79.7 Å². The lowest BCUT2D eigenvalue weighted by Crippen LogP contribution is -2.14. The fraction of sp³-hybridized carbons (Fsp3) is 0.600. The molecular weight excluding hydrogens is 164 g/mol. The minimum atomic E-state index is 0.699. The molecule has 0 fully saturated rings. The zero-order chi connectivity index (χ0) is 9.84. The van der Waals surface area contributed by atoms with Gasteiger partial charge in [-0.2, -0.15) is 5.48 Å². The fourth-order valence-electron chi connectivity index (χ4n) is 1.34. The Kier molecular flexibility index (Phi) is 3.51. The highest BCUT2D eigenvalue weighted by molar-refractivity contribution is 5.25. The molecule has 0 aliphatic carbocycles. The maximum atomic E-state index is 5.08. The molecule has 0 spiro atoms. The van der Waals surface area contributed by atoms with E-state index in [1.165, 1.54) is 17.0 Å². The topological polar surface area (TPSA) is 26.2 Å². The van der Waals surface area contributed by atoms with Crippen molar-refractivity contribution in [3.05, 3.63) is 23.0 Å². The molecule has 74 valence electrons. The van der Waals surface area contributed by atoms with Crippen LogP contribution in [-0.2, 0) is 18.4 Å². The summed E-state index contributed by atoms with van der Waals surface area (Å²) in [5.41, 5.74) is 6.80. The molecule has 13 heavy (non-hydrogen) atoms. The third kappa shape index (κ3) is 2.32. The molecule has 0 aliphatic rings. The predicted octanol–water partition coefficient (Wildman–Crippen LogP) is 1.68. The Morgan fingerprint density at radius 3 is 2.62 bits per heavy atom. The molecule has 1 aromatic rings. The lowest BCUT2D eigenvalue weighted by Gasteiger charge is -2.04. The van der Waals surface area contributed by atoms with Gasteiger partial charge in [0.1, 0.15) is 0 Å². The smallest absolute Gasteiger partial charge is 0.0654 e. The molecule has 0 bridgehead atoms.